The van der Waals surface area contributed by atoms with Gasteiger partial charge in [0.05, 0.1) is 43.5 Å². The molecular weight excluding hydrogens is 569 g/mol. The van der Waals surface area contributed by atoms with E-state index in [1.165, 1.54) is 30.3 Å². The molecule has 13 nitrogen and oxygen atoms in total. The fraction of sp³-hybridized carbons (Fsp3) is 0.200. The van der Waals surface area contributed by atoms with Gasteiger partial charge in [-0.25, -0.2) is 29.0 Å². The van der Waals surface area contributed by atoms with E-state index in [0.29, 0.717) is 46.9 Å². The second-order valence-electron chi connectivity index (χ2n) is 9.81. The van der Waals surface area contributed by atoms with Crippen molar-refractivity contribution in [2.24, 2.45) is 0 Å². The SMILES string of the molecule is C=CC(=O)N1CC[C@H](Nc2cc3c(Nc4ccc(Oc5ccn(-c6cnc(OC)nc6)n5)cc4F)ncnc3cc2OC)C1. The standard InChI is InChI=1S/C30H28FN9O4/c1-4-28(41)39-9-7-18(16-39)36-25-12-21-24(13-26(25)42-2)34-17-35-29(21)37-23-6-5-20(11-22(23)31)44-27-8-10-40(38-27)19-14-32-30(43-3)33-15-19/h4-6,8,10-15,17-18,36H,1,7,9,16H2,2-3H3,(H,34,35,37)/t18-/m0/s1. The first kappa shape index (κ1) is 28.3. The van der Waals surface area contributed by atoms with E-state index in [9.17, 15) is 4.79 Å². The maximum absolute atomic E-state index is 15.3. The molecule has 1 amide bonds. The van der Waals surface area contributed by atoms with E-state index in [2.05, 4.69) is 42.2 Å². The number of carbonyl (C=O) groups is 1. The molecule has 0 saturated carbocycles. The zero-order valence-corrected chi connectivity index (χ0v) is 23.9. The summed E-state index contributed by atoms with van der Waals surface area (Å²) < 4.78 is 33.1. The predicted octanol–water partition coefficient (Wildman–Crippen LogP) is 4.50. The Balaban J connectivity index is 1.19. The molecule has 0 unspecified atom stereocenters. The zero-order valence-electron chi connectivity index (χ0n) is 23.9. The number of rotatable bonds is 10. The van der Waals surface area contributed by atoms with E-state index < -0.39 is 5.82 Å². The molecule has 0 aliphatic carbocycles. The summed E-state index contributed by atoms with van der Waals surface area (Å²) >= 11 is 0. The monoisotopic (exact) mass is 597 g/mol. The van der Waals surface area contributed by atoms with Crippen LogP contribution >= 0.6 is 0 Å². The molecule has 5 aromatic rings. The van der Waals surface area contributed by atoms with Gasteiger partial charge < -0.3 is 29.7 Å². The molecule has 0 bridgehead atoms. The number of nitrogens with zero attached hydrogens (tertiary/aromatic N) is 7. The number of halogens is 1. The van der Waals surface area contributed by atoms with Gasteiger partial charge in [0.15, 0.2) is 0 Å². The molecule has 6 rings (SSSR count). The van der Waals surface area contributed by atoms with Crippen molar-refractivity contribution in [3.8, 4) is 29.1 Å². The molecule has 14 heteroatoms. The molecular formula is C30H28FN9O4. The van der Waals surface area contributed by atoms with Gasteiger partial charge in [0.1, 0.15) is 35.1 Å². The van der Waals surface area contributed by atoms with Crippen LogP contribution in [0, 0.1) is 5.82 Å². The Morgan fingerprint density at radius 2 is 1.91 bits per heavy atom. The average molecular weight is 598 g/mol. The zero-order chi connectivity index (χ0) is 30.6. The van der Waals surface area contributed by atoms with E-state index >= 15 is 4.39 Å². The lowest BCUT2D eigenvalue weighted by Gasteiger charge is -2.19. The van der Waals surface area contributed by atoms with E-state index in [1.54, 1.807) is 54.9 Å². The van der Waals surface area contributed by atoms with Crippen molar-refractivity contribution in [2.75, 3.05) is 37.9 Å². The normalized spacial score (nSPS) is 14.3. The van der Waals surface area contributed by atoms with Gasteiger partial charge in [-0.15, -0.1) is 5.10 Å². The molecule has 3 aromatic heterocycles. The van der Waals surface area contributed by atoms with Gasteiger partial charge >= 0.3 is 6.01 Å². The second kappa shape index (κ2) is 12.2. The number of benzene rings is 2. The Bertz CT molecular complexity index is 1830. The number of amides is 1. The van der Waals surface area contributed by atoms with Crippen molar-refractivity contribution >= 4 is 34.0 Å². The molecule has 224 valence electrons. The van der Waals surface area contributed by atoms with Crippen LogP contribution in [0.15, 0.2) is 74.0 Å². The third-order valence-electron chi connectivity index (χ3n) is 7.03. The van der Waals surface area contributed by atoms with E-state index in [1.807, 2.05) is 6.07 Å². The van der Waals surface area contributed by atoms with Crippen LogP contribution < -0.4 is 24.8 Å². The number of nitrogens with one attached hydrogen (secondary N) is 2. The number of aromatic nitrogens is 6. The molecule has 1 fully saturated rings. The number of hydrogen-bond donors (Lipinski definition) is 2. The van der Waals surface area contributed by atoms with Gasteiger partial charge in [0.25, 0.3) is 0 Å². The van der Waals surface area contributed by atoms with Crippen LogP contribution in [-0.2, 0) is 4.79 Å². The largest absolute Gasteiger partial charge is 0.495 e. The van der Waals surface area contributed by atoms with Crippen LogP contribution in [0.2, 0.25) is 0 Å². The summed E-state index contributed by atoms with van der Waals surface area (Å²) in [6, 6.07) is 9.98. The Kier molecular flexibility index (Phi) is 7.86. The van der Waals surface area contributed by atoms with Gasteiger partial charge in [-0.1, -0.05) is 6.58 Å². The molecule has 0 radical (unpaired) electrons. The molecule has 0 spiro atoms. The third-order valence-corrected chi connectivity index (χ3v) is 7.03. The summed E-state index contributed by atoms with van der Waals surface area (Å²) in [5, 5.41) is 11.5. The van der Waals surface area contributed by atoms with E-state index in [4.69, 9.17) is 14.2 Å². The molecule has 1 saturated heterocycles. The minimum atomic E-state index is -0.554. The number of anilines is 3. The first-order valence-electron chi connectivity index (χ1n) is 13.6. The highest BCUT2D eigenvalue weighted by atomic mass is 19.1. The number of ether oxygens (including phenoxy) is 3. The lowest BCUT2D eigenvalue weighted by molar-refractivity contribution is -0.125. The highest BCUT2D eigenvalue weighted by Crippen LogP contribution is 2.35. The fourth-order valence-electron chi connectivity index (χ4n) is 4.84. The van der Waals surface area contributed by atoms with Crippen LogP contribution in [0.25, 0.3) is 16.6 Å². The van der Waals surface area contributed by atoms with E-state index in [-0.39, 0.29) is 35.3 Å². The highest BCUT2D eigenvalue weighted by molar-refractivity contribution is 5.95. The molecule has 44 heavy (non-hydrogen) atoms. The smallest absolute Gasteiger partial charge is 0.316 e. The van der Waals surface area contributed by atoms with Crippen molar-refractivity contribution < 1.29 is 23.4 Å². The first-order chi connectivity index (χ1) is 21.4. The van der Waals surface area contributed by atoms with Crippen molar-refractivity contribution in [1.82, 2.24) is 34.6 Å². The third kappa shape index (κ3) is 5.90. The van der Waals surface area contributed by atoms with Crippen molar-refractivity contribution in [2.45, 2.75) is 12.5 Å². The van der Waals surface area contributed by atoms with Crippen LogP contribution in [-0.4, -0.2) is 73.9 Å². The first-order valence-corrected chi connectivity index (χ1v) is 13.6. The molecule has 1 aliphatic rings. The molecule has 1 aliphatic heterocycles. The van der Waals surface area contributed by atoms with Crippen LogP contribution in [0.3, 0.4) is 0 Å². The van der Waals surface area contributed by atoms with Crippen molar-refractivity contribution in [3.63, 3.8) is 0 Å². The quantitative estimate of drug-likeness (QED) is 0.220. The maximum Gasteiger partial charge on any atom is 0.316 e. The summed E-state index contributed by atoms with van der Waals surface area (Å²) in [4.78, 5) is 30.6. The van der Waals surface area contributed by atoms with Crippen LogP contribution in [0.4, 0.5) is 21.6 Å². The Hall–Kier alpha value is -5.79. The lowest BCUT2D eigenvalue weighted by Crippen LogP contribution is -2.30. The van der Waals surface area contributed by atoms with Gasteiger partial charge in [0, 0.05) is 48.9 Å². The second-order valence-corrected chi connectivity index (χ2v) is 9.81. The minimum Gasteiger partial charge on any atom is -0.495 e. The Morgan fingerprint density at radius 1 is 1.07 bits per heavy atom. The maximum atomic E-state index is 15.3. The summed E-state index contributed by atoms with van der Waals surface area (Å²) in [7, 11) is 3.06. The van der Waals surface area contributed by atoms with Gasteiger partial charge in [-0.3, -0.25) is 4.79 Å². The van der Waals surface area contributed by atoms with E-state index in [0.717, 1.165) is 6.42 Å². The van der Waals surface area contributed by atoms with Crippen molar-refractivity contribution in [3.05, 3.63) is 79.8 Å². The molecule has 2 N–H and O–H groups in total. The Labute approximate surface area is 251 Å². The summed E-state index contributed by atoms with van der Waals surface area (Å²) in [6.07, 6.45) is 8.28. The summed E-state index contributed by atoms with van der Waals surface area (Å²) in [5.41, 5.74) is 2.11. The highest BCUT2D eigenvalue weighted by Gasteiger charge is 2.26. The molecule has 4 heterocycles. The number of hydrogen-bond acceptors (Lipinski definition) is 11. The lowest BCUT2D eigenvalue weighted by atomic mass is 10.1. The molecule has 2 aromatic carbocycles. The minimum absolute atomic E-state index is 0.0206. The number of methoxy groups -OCH3 is 2. The topological polar surface area (TPSA) is 141 Å². The van der Waals surface area contributed by atoms with Crippen LogP contribution in [0.5, 0.6) is 23.4 Å². The van der Waals surface area contributed by atoms with Gasteiger partial charge in [0.2, 0.25) is 11.8 Å². The number of fused-ring (bicyclic) bond motifs is 1. The number of carbonyl (C=O) groups excluding carboxylic acids is 1. The Morgan fingerprint density at radius 3 is 2.66 bits per heavy atom. The predicted molar refractivity (Wildman–Crippen MR) is 160 cm³/mol. The number of likely N-dealkylation sites (tertiary alicyclic amines) is 1. The fourth-order valence-corrected chi connectivity index (χ4v) is 4.84. The summed E-state index contributed by atoms with van der Waals surface area (Å²) in [5.74, 6) is 0.858. The van der Waals surface area contributed by atoms with Crippen LogP contribution in [0.1, 0.15) is 6.42 Å². The van der Waals surface area contributed by atoms with Gasteiger partial charge in [-0.2, -0.15) is 0 Å². The average Bonchev–Trinajstić information content (AvgIpc) is 3.72. The molecule has 1 atom stereocenters. The van der Waals surface area contributed by atoms with Gasteiger partial charge in [-0.05, 0) is 30.7 Å². The van der Waals surface area contributed by atoms with Crippen molar-refractivity contribution in [1.29, 1.82) is 0 Å². The summed E-state index contributed by atoms with van der Waals surface area (Å²) in [6.45, 7) is 4.74.